The van der Waals surface area contributed by atoms with Gasteiger partial charge in [0.15, 0.2) is 11.0 Å². The van der Waals surface area contributed by atoms with Crippen LogP contribution in [0.5, 0.6) is 0 Å². The van der Waals surface area contributed by atoms with Crippen molar-refractivity contribution in [1.29, 1.82) is 0 Å². The van der Waals surface area contributed by atoms with Crippen LogP contribution in [0, 0.1) is 18.8 Å². The maximum atomic E-state index is 12.5. The van der Waals surface area contributed by atoms with Gasteiger partial charge < -0.3 is 9.88 Å². The zero-order chi connectivity index (χ0) is 22.3. The molecule has 0 fully saturated rings. The summed E-state index contributed by atoms with van der Waals surface area (Å²) in [6.45, 7) is 4.83. The molecule has 1 amide bonds. The van der Waals surface area contributed by atoms with Crippen LogP contribution in [0.3, 0.4) is 0 Å². The molecule has 32 heavy (non-hydrogen) atoms. The molecule has 0 aliphatic heterocycles. The first kappa shape index (κ1) is 21.9. The summed E-state index contributed by atoms with van der Waals surface area (Å²) >= 11 is 2.99. The standard InChI is InChI=1S/C25H22N4OS2/c1-3-29-24(20-9-4-7-18(2)15-20)27-28-25(29)32-17-23(30)26-21-10-5-8-19(16-21)12-13-22-11-6-14-31-22/h4-11,14-16H,3,17H2,1-2H3,(H,26,30). The molecule has 5 nitrogen and oxygen atoms in total. The van der Waals surface area contributed by atoms with Crippen LogP contribution in [0.25, 0.3) is 11.4 Å². The number of aromatic nitrogens is 3. The highest BCUT2D eigenvalue weighted by atomic mass is 32.2. The molecule has 2 heterocycles. The maximum absolute atomic E-state index is 12.5. The summed E-state index contributed by atoms with van der Waals surface area (Å²) in [5.41, 5.74) is 3.78. The lowest BCUT2D eigenvalue weighted by molar-refractivity contribution is -0.113. The fourth-order valence-electron chi connectivity index (χ4n) is 3.16. The van der Waals surface area contributed by atoms with Crippen LogP contribution in [0.2, 0.25) is 0 Å². The molecule has 4 aromatic rings. The summed E-state index contributed by atoms with van der Waals surface area (Å²) in [6, 6.07) is 19.7. The van der Waals surface area contributed by atoms with E-state index in [9.17, 15) is 4.79 Å². The summed E-state index contributed by atoms with van der Waals surface area (Å²) < 4.78 is 2.04. The van der Waals surface area contributed by atoms with Crippen molar-refractivity contribution in [2.24, 2.45) is 0 Å². The molecule has 4 rings (SSSR count). The number of nitrogens with zero attached hydrogens (tertiary/aromatic N) is 3. The first-order chi connectivity index (χ1) is 15.6. The topological polar surface area (TPSA) is 59.8 Å². The van der Waals surface area contributed by atoms with Gasteiger partial charge in [0.2, 0.25) is 5.91 Å². The first-order valence-electron chi connectivity index (χ1n) is 10.2. The molecule has 1 N–H and O–H groups in total. The summed E-state index contributed by atoms with van der Waals surface area (Å²) in [6.07, 6.45) is 0. The molecule has 0 atom stereocenters. The minimum atomic E-state index is -0.0962. The number of carbonyl (C=O) groups is 1. The van der Waals surface area contributed by atoms with Crippen molar-refractivity contribution in [3.8, 4) is 23.2 Å². The number of aryl methyl sites for hydroxylation is 1. The van der Waals surface area contributed by atoms with Crippen LogP contribution >= 0.6 is 23.1 Å². The third-order valence-corrected chi connectivity index (χ3v) is 6.39. The van der Waals surface area contributed by atoms with E-state index >= 15 is 0 Å². The number of amides is 1. The Morgan fingerprint density at radius 1 is 1.09 bits per heavy atom. The second-order valence-electron chi connectivity index (χ2n) is 7.06. The smallest absolute Gasteiger partial charge is 0.234 e. The predicted molar refractivity (Wildman–Crippen MR) is 132 cm³/mol. The molecule has 2 aromatic heterocycles. The van der Waals surface area contributed by atoms with Crippen molar-refractivity contribution < 1.29 is 4.79 Å². The largest absolute Gasteiger partial charge is 0.325 e. The molecule has 0 bridgehead atoms. The second-order valence-corrected chi connectivity index (χ2v) is 8.96. The van der Waals surface area contributed by atoms with E-state index in [0.29, 0.717) is 0 Å². The van der Waals surface area contributed by atoms with Crippen LogP contribution in [-0.2, 0) is 11.3 Å². The molecular formula is C25H22N4OS2. The Morgan fingerprint density at radius 3 is 2.75 bits per heavy atom. The van der Waals surface area contributed by atoms with Gasteiger partial charge in [-0.1, -0.05) is 59.5 Å². The number of rotatable bonds is 6. The minimum absolute atomic E-state index is 0.0962. The van der Waals surface area contributed by atoms with Crippen molar-refractivity contribution in [3.63, 3.8) is 0 Å². The zero-order valence-corrected chi connectivity index (χ0v) is 19.5. The van der Waals surface area contributed by atoms with E-state index in [1.54, 1.807) is 11.3 Å². The second kappa shape index (κ2) is 10.3. The van der Waals surface area contributed by atoms with Gasteiger partial charge in [-0.15, -0.1) is 21.5 Å². The van der Waals surface area contributed by atoms with Gasteiger partial charge >= 0.3 is 0 Å². The van der Waals surface area contributed by atoms with Crippen molar-refractivity contribution >= 4 is 34.7 Å². The number of hydrogen-bond donors (Lipinski definition) is 1. The Kier molecular flexibility index (Phi) is 7.05. The van der Waals surface area contributed by atoms with Gasteiger partial charge in [0.1, 0.15) is 0 Å². The Bertz CT molecular complexity index is 1280. The summed E-state index contributed by atoms with van der Waals surface area (Å²) in [5.74, 6) is 7.24. The normalized spacial score (nSPS) is 10.4. The van der Waals surface area contributed by atoms with Crippen molar-refractivity contribution in [2.75, 3.05) is 11.1 Å². The summed E-state index contributed by atoms with van der Waals surface area (Å²) in [7, 11) is 0. The van der Waals surface area contributed by atoms with Crippen molar-refractivity contribution in [3.05, 3.63) is 82.0 Å². The van der Waals surface area contributed by atoms with Crippen LogP contribution in [0.4, 0.5) is 5.69 Å². The van der Waals surface area contributed by atoms with Crippen LogP contribution in [0.1, 0.15) is 22.9 Å². The van der Waals surface area contributed by atoms with Gasteiger partial charge in [-0.05, 0) is 49.6 Å². The Morgan fingerprint density at radius 2 is 1.97 bits per heavy atom. The van der Waals surface area contributed by atoms with Crippen LogP contribution in [0.15, 0.2) is 71.2 Å². The number of hydrogen-bond acceptors (Lipinski definition) is 5. The Labute approximate surface area is 195 Å². The van der Waals surface area contributed by atoms with E-state index in [4.69, 9.17) is 0 Å². The number of carbonyl (C=O) groups excluding carboxylic acids is 1. The highest BCUT2D eigenvalue weighted by Crippen LogP contribution is 2.24. The van der Waals surface area contributed by atoms with Gasteiger partial charge in [-0.2, -0.15) is 0 Å². The Balaban J connectivity index is 1.40. The average molecular weight is 459 g/mol. The molecule has 0 spiro atoms. The third-order valence-electron chi connectivity index (χ3n) is 4.64. The Hall–Kier alpha value is -3.34. The van der Waals surface area contributed by atoms with E-state index in [-0.39, 0.29) is 11.7 Å². The monoisotopic (exact) mass is 458 g/mol. The highest BCUT2D eigenvalue weighted by molar-refractivity contribution is 7.99. The number of thiophene rings is 1. The van der Waals surface area contributed by atoms with E-state index in [1.165, 1.54) is 17.3 Å². The molecule has 2 aromatic carbocycles. The SMILES string of the molecule is CCn1c(SCC(=O)Nc2cccc(C#Cc3cccs3)c2)nnc1-c1cccc(C)c1. The molecule has 160 valence electrons. The zero-order valence-electron chi connectivity index (χ0n) is 17.8. The number of benzene rings is 2. The molecule has 0 radical (unpaired) electrons. The van der Waals surface area contributed by atoms with Gasteiger partial charge in [0, 0.05) is 23.4 Å². The van der Waals surface area contributed by atoms with Gasteiger partial charge in [0.05, 0.1) is 10.6 Å². The van der Waals surface area contributed by atoms with Crippen LogP contribution in [-0.4, -0.2) is 26.4 Å². The van der Waals surface area contributed by atoms with Gasteiger partial charge in [-0.25, -0.2) is 0 Å². The van der Waals surface area contributed by atoms with Crippen molar-refractivity contribution in [1.82, 2.24) is 14.8 Å². The summed E-state index contributed by atoms with van der Waals surface area (Å²) in [4.78, 5) is 13.6. The lowest BCUT2D eigenvalue weighted by Crippen LogP contribution is -2.14. The first-order valence-corrected chi connectivity index (χ1v) is 12.1. The predicted octanol–water partition coefficient (Wildman–Crippen LogP) is 5.47. The highest BCUT2D eigenvalue weighted by Gasteiger charge is 2.15. The quantitative estimate of drug-likeness (QED) is 0.308. The molecule has 0 saturated carbocycles. The van der Waals surface area contributed by atoms with Gasteiger partial charge in [0.25, 0.3) is 0 Å². The van der Waals surface area contributed by atoms with E-state index < -0.39 is 0 Å². The lowest BCUT2D eigenvalue weighted by atomic mass is 10.1. The van der Waals surface area contributed by atoms with Gasteiger partial charge in [-0.3, -0.25) is 4.79 Å². The molecule has 0 unspecified atom stereocenters. The molecule has 0 saturated heterocycles. The van der Waals surface area contributed by atoms with E-state index in [1.807, 2.05) is 58.5 Å². The number of nitrogens with one attached hydrogen (secondary N) is 1. The average Bonchev–Trinajstić information content (AvgIpc) is 3.46. The van der Waals surface area contributed by atoms with E-state index in [0.717, 1.165) is 39.2 Å². The summed E-state index contributed by atoms with van der Waals surface area (Å²) in [5, 5.41) is 14.4. The molecule has 0 aliphatic carbocycles. The van der Waals surface area contributed by atoms with E-state index in [2.05, 4.69) is 53.3 Å². The fraction of sp³-hybridized carbons (Fsp3) is 0.160. The molecule has 0 aliphatic rings. The minimum Gasteiger partial charge on any atom is -0.325 e. The third kappa shape index (κ3) is 5.47. The van der Waals surface area contributed by atoms with Crippen molar-refractivity contribution in [2.45, 2.75) is 25.5 Å². The fourth-order valence-corrected chi connectivity index (χ4v) is 4.54. The molecule has 7 heteroatoms. The number of anilines is 1. The van der Waals surface area contributed by atoms with Crippen LogP contribution < -0.4 is 5.32 Å². The number of thioether (sulfide) groups is 1. The molecular weight excluding hydrogens is 436 g/mol. The maximum Gasteiger partial charge on any atom is 0.234 e. The lowest BCUT2D eigenvalue weighted by Gasteiger charge is -2.08.